The van der Waals surface area contributed by atoms with E-state index in [9.17, 15) is 0 Å². The molecule has 0 spiro atoms. The van der Waals surface area contributed by atoms with Gasteiger partial charge in [-0.15, -0.1) is 0 Å². The molecule has 0 saturated carbocycles. The molecule has 27 heavy (non-hydrogen) atoms. The second-order valence-electron chi connectivity index (χ2n) is 7.11. The largest absolute Gasteiger partial charge is 0.378 e. The predicted octanol–water partition coefficient (Wildman–Crippen LogP) is 4.03. The molecule has 0 amide bonds. The SMILES string of the molecule is Cc1cccc(-n2nc(C)c3c(N4CCOCC4)nc4ccccc4c32)c1. The third-order valence-electron chi connectivity index (χ3n) is 5.23. The van der Waals surface area contributed by atoms with Crippen LogP contribution in [0.2, 0.25) is 0 Å². The highest BCUT2D eigenvalue weighted by Gasteiger charge is 2.22. The van der Waals surface area contributed by atoms with Gasteiger partial charge in [0.25, 0.3) is 0 Å². The number of hydrogen-bond donors (Lipinski definition) is 0. The molecule has 1 saturated heterocycles. The van der Waals surface area contributed by atoms with Crippen LogP contribution in [-0.2, 0) is 4.74 Å². The van der Waals surface area contributed by atoms with Crippen molar-refractivity contribution in [1.82, 2.24) is 14.8 Å². The molecule has 5 nitrogen and oxygen atoms in total. The molecule has 2 aromatic heterocycles. The Morgan fingerprint density at radius 2 is 1.78 bits per heavy atom. The number of anilines is 1. The smallest absolute Gasteiger partial charge is 0.140 e. The van der Waals surface area contributed by atoms with Gasteiger partial charge in [-0.2, -0.15) is 5.10 Å². The Kier molecular flexibility index (Phi) is 3.83. The van der Waals surface area contributed by atoms with Crippen LogP contribution < -0.4 is 4.90 Å². The highest BCUT2D eigenvalue weighted by molar-refractivity contribution is 6.10. The van der Waals surface area contributed by atoms with Gasteiger partial charge in [-0.25, -0.2) is 9.67 Å². The average molecular weight is 358 g/mol. The zero-order valence-corrected chi connectivity index (χ0v) is 15.6. The first kappa shape index (κ1) is 16.3. The number of para-hydroxylation sites is 1. The molecule has 5 heteroatoms. The highest BCUT2D eigenvalue weighted by Crippen LogP contribution is 2.35. The molecule has 4 aromatic rings. The maximum atomic E-state index is 5.55. The lowest BCUT2D eigenvalue weighted by Crippen LogP contribution is -2.36. The first-order valence-corrected chi connectivity index (χ1v) is 9.40. The number of ether oxygens (including phenoxy) is 1. The Morgan fingerprint density at radius 3 is 2.59 bits per heavy atom. The Balaban J connectivity index is 1.87. The van der Waals surface area contributed by atoms with Crippen molar-refractivity contribution in [3.8, 4) is 5.69 Å². The summed E-state index contributed by atoms with van der Waals surface area (Å²) in [6.45, 7) is 7.38. The third kappa shape index (κ3) is 2.66. The minimum atomic E-state index is 0.737. The van der Waals surface area contributed by atoms with E-state index in [-0.39, 0.29) is 0 Å². The molecule has 0 bridgehead atoms. The monoisotopic (exact) mass is 358 g/mol. The Labute approximate surface area is 158 Å². The standard InChI is InChI=1S/C22H22N4O/c1-15-6-5-7-17(14-15)26-21-18-8-3-4-9-19(18)23-22(20(21)16(2)24-26)25-10-12-27-13-11-25/h3-9,14H,10-13H2,1-2H3. The molecule has 0 atom stereocenters. The van der Waals surface area contributed by atoms with Crippen LogP contribution in [-0.4, -0.2) is 41.1 Å². The number of aromatic nitrogens is 3. The van der Waals surface area contributed by atoms with Gasteiger partial charge in [-0.05, 0) is 37.6 Å². The van der Waals surface area contributed by atoms with Gasteiger partial charge >= 0.3 is 0 Å². The van der Waals surface area contributed by atoms with Crippen molar-refractivity contribution >= 4 is 27.6 Å². The van der Waals surface area contributed by atoms with Crippen LogP contribution in [0.5, 0.6) is 0 Å². The van der Waals surface area contributed by atoms with Crippen LogP contribution >= 0.6 is 0 Å². The van der Waals surface area contributed by atoms with Crippen molar-refractivity contribution in [3.05, 3.63) is 59.8 Å². The Morgan fingerprint density at radius 1 is 0.963 bits per heavy atom. The number of benzene rings is 2. The predicted molar refractivity (Wildman–Crippen MR) is 109 cm³/mol. The zero-order valence-electron chi connectivity index (χ0n) is 15.6. The van der Waals surface area contributed by atoms with E-state index >= 15 is 0 Å². The van der Waals surface area contributed by atoms with Crippen LogP contribution in [0.4, 0.5) is 5.82 Å². The van der Waals surface area contributed by atoms with Crippen molar-refractivity contribution in [3.63, 3.8) is 0 Å². The third-order valence-corrected chi connectivity index (χ3v) is 5.23. The summed E-state index contributed by atoms with van der Waals surface area (Å²) in [6, 6.07) is 16.8. The number of pyridine rings is 1. The molecule has 5 rings (SSSR count). The molecule has 0 N–H and O–H groups in total. The lowest BCUT2D eigenvalue weighted by molar-refractivity contribution is 0.122. The van der Waals surface area contributed by atoms with Gasteiger partial charge in [0.2, 0.25) is 0 Å². The van der Waals surface area contributed by atoms with Gasteiger partial charge in [-0.3, -0.25) is 0 Å². The molecule has 1 fully saturated rings. The molecular weight excluding hydrogens is 336 g/mol. The van der Waals surface area contributed by atoms with Crippen LogP contribution in [0.15, 0.2) is 48.5 Å². The van der Waals surface area contributed by atoms with E-state index in [1.54, 1.807) is 0 Å². The van der Waals surface area contributed by atoms with Gasteiger partial charge < -0.3 is 9.64 Å². The maximum absolute atomic E-state index is 5.55. The molecular formula is C22H22N4O. The molecule has 0 unspecified atom stereocenters. The van der Waals surface area contributed by atoms with Crippen molar-refractivity contribution in [1.29, 1.82) is 0 Å². The van der Waals surface area contributed by atoms with Gasteiger partial charge in [-0.1, -0.05) is 30.3 Å². The zero-order chi connectivity index (χ0) is 18.4. The maximum Gasteiger partial charge on any atom is 0.140 e. The molecule has 0 aliphatic carbocycles. The fraction of sp³-hybridized carbons (Fsp3) is 0.273. The van der Waals surface area contributed by atoms with E-state index in [0.29, 0.717) is 0 Å². The Hall–Kier alpha value is -2.92. The molecule has 2 aromatic carbocycles. The first-order chi connectivity index (χ1) is 13.2. The minimum absolute atomic E-state index is 0.737. The average Bonchev–Trinajstić information content (AvgIpc) is 3.06. The first-order valence-electron chi connectivity index (χ1n) is 9.40. The topological polar surface area (TPSA) is 43.2 Å². The normalized spacial score (nSPS) is 15.0. The second-order valence-corrected chi connectivity index (χ2v) is 7.11. The van der Waals surface area contributed by atoms with Crippen molar-refractivity contribution in [2.45, 2.75) is 13.8 Å². The summed E-state index contributed by atoms with van der Waals surface area (Å²) in [5, 5.41) is 7.19. The molecule has 1 aliphatic rings. The Bertz CT molecular complexity index is 1140. The summed E-state index contributed by atoms with van der Waals surface area (Å²) in [6.07, 6.45) is 0. The van der Waals surface area contributed by atoms with E-state index in [1.807, 2.05) is 6.07 Å². The summed E-state index contributed by atoms with van der Waals surface area (Å²) in [5.74, 6) is 1.02. The van der Waals surface area contributed by atoms with E-state index in [4.69, 9.17) is 14.8 Å². The quantitative estimate of drug-likeness (QED) is 0.543. The van der Waals surface area contributed by atoms with Crippen molar-refractivity contribution in [2.75, 3.05) is 31.2 Å². The number of aryl methyl sites for hydroxylation is 2. The molecule has 1 aliphatic heterocycles. The number of fused-ring (bicyclic) bond motifs is 3. The van der Waals surface area contributed by atoms with E-state index in [0.717, 1.165) is 65.3 Å². The van der Waals surface area contributed by atoms with Gasteiger partial charge in [0.15, 0.2) is 0 Å². The number of rotatable bonds is 2. The molecule has 0 radical (unpaired) electrons. The fourth-order valence-electron chi connectivity index (χ4n) is 3.94. The van der Waals surface area contributed by atoms with E-state index in [2.05, 4.69) is 65.9 Å². The number of hydrogen-bond acceptors (Lipinski definition) is 4. The minimum Gasteiger partial charge on any atom is -0.378 e. The van der Waals surface area contributed by atoms with Crippen LogP contribution in [0.3, 0.4) is 0 Å². The highest BCUT2D eigenvalue weighted by atomic mass is 16.5. The fourth-order valence-corrected chi connectivity index (χ4v) is 3.94. The van der Waals surface area contributed by atoms with Crippen LogP contribution in [0, 0.1) is 13.8 Å². The number of nitrogens with zero attached hydrogens (tertiary/aromatic N) is 4. The second kappa shape index (κ2) is 6.35. The van der Waals surface area contributed by atoms with Gasteiger partial charge in [0, 0.05) is 18.5 Å². The summed E-state index contributed by atoms with van der Waals surface area (Å²) >= 11 is 0. The lowest BCUT2D eigenvalue weighted by atomic mass is 10.1. The van der Waals surface area contributed by atoms with Crippen molar-refractivity contribution < 1.29 is 4.74 Å². The summed E-state index contributed by atoms with van der Waals surface area (Å²) in [4.78, 5) is 7.36. The van der Waals surface area contributed by atoms with Crippen LogP contribution in [0.1, 0.15) is 11.3 Å². The van der Waals surface area contributed by atoms with E-state index in [1.165, 1.54) is 5.56 Å². The summed E-state index contributed by atoms with van der Waals surface area (Å²) in [5.41, 5.74) is 5.44. The summed E-state index contributed by atoms with van der Waals surface area (Å²) < 4.78 is 7.62. The van der Waals surface area contributed by atoms with Gasteiger partial charge in [0.05, 0.1) is 41.0 Å². The lowest BCUT2D eigenvalue weighted by Gasteiger charge is -2.28. The van der Waals surface area contributed by atoms with Crippen molar-refractivity contribution in [2.24, 2.45) is 0 Å². The number of morpholine rings is 1. The summed E-state index contributed by atoms with van der Waals surface area (Å²) in [7, 11) is 0. The molecule has 3 heterocycles. The molecule has 136 valence electrons. The van der Waals surface area contributed by atoms with Crippen LogP contribution in [0.25, 0.3) is 27.5 Å². The van der Waals surface area contributed by atoms with Gasteiger partial charge in [0.1, 0.15) is 5.82 Å². The van der Waals surface area contributed by atoms with E-state index < -0.39 is 0 Å².